The molecule has 4 heteroatoms. The van der Waals surface area contributed by atoms with E-state index in [1.807, 2.05) is 30.3 Å². The molecule has 3 nitrogen and oxygen atoms in total. The molecule has 0 spiro atoms. The number of carbonyl (C=O) groups is 1. The summed E-state index contributed by atoms with van der Waals surface area (Å²) < 4.78 is 6.27. The van der Waals surface area contributed by atoms with Gasteiger partial charge in [0.1, 0.15) is 5.75 Å². The third-order valence-corrected chi connectivity index (χ3v) is 4.01. The number of hydrogen-bond acceptors (Lipinski definition) is 3. The highest BCUT2D eigenvalue weighted by molar-refractivity contribution is 9.10. The van der Waals surface area contributed by atoms with Crippen molar-refractivity contribution in [2.45, 2.75) is 0 Å². The van der Waals surface area contributed by atoms with Gasteiger partial charge < -0.3 is 4.74 Å². The molecule has 0 bridgehead atoms. The first kappa shape index (κ1) is 16.0. The third kappa shape index (κ3) is 3.53. The van der Waals surface area contributed by atoms with E-state index in [1.54, 1.807) is 42.5 Å². The lowest BCUT2D eigenvalue weighted by Gasteiger charge is -2.08. The van der Waals surface area contributed by atoms with E-state index >= 15 is 0 Å². The number of nitriles is 1. The van der Waals surface area contributed by atoms with Crippen molar-refractivity contribution >= 4 is 21.9 Å². The molecule has 0 fully saturated rings. The number of nitrogens with zero attached hydrogens (tertiary/aromatic N) is 1. The van der Waals surface area contributed by atoms with Gasteiger partial charge in [0.05, 0.1) is 17.2 Å². The average molecular weight is 378 g/mol. The van der Waals surface area contributed by atoms with Crippen LogP contribution in [0, 0.1) is 11.3 Å². The molecule has 0 aliphatic carbocycles. The maximum absolute atomic E-state index is 12.2. The third-order valence-electron chi connectivity index (χ3n) is 3.48. The SMILES string of the molecule is N#Cc1cc(C(=O)Oc2ccccc2)ccc1-c1ccc(Br)cc1. The standard InChI is InChI=1S/C20H12BrNO2/c21-17-9-6-14(7-10-17)19-11-8-15(12-16(19)13-22)20(23)24-18-4-2-1-3-5-18/h1-12H. The minimum Gasteiger partial charge on any atom is -0.423 e. The predicted octanol–water partition coefficient (Wildman–Crippen LogP) is 5.21. The van der Waals surface area contributed by atoms with Crippen LogP contribution >= 0.6 is 15.9 Å². The number of halogens is 1. The van der Waals surface area contributed by atoms with Crippen molar-refractivity contribution in [2.24, 2.45) is 0 Å². The fourth-order valence-corrected chi connectivity index (χ4v) is 2.56. The van der Waals surface area contributed by atoms with Crippen molar-refractivity contribution in [3.05, 3.63) is 88.4 Å². The summed E-state index contributed by atoms with van der Waals surface area (Å²) in [5.74, 6) is -0.0157. The summed E-state index contributed by atoms with van der Waals surface area (Å²) >= 11 is 3.39. The molecule has 0 amide bonds. The second-order valence-corrected chi connectivity index (χ2v) is 6.00. The molecule has 0 atom stereocenters. The molecule has 0 saturated heterocycles. The van der Waals surface area contributed by atoms with Gasteiger partial charge in [-0.15, -0.1) is 0 Å². The van der Waals surface area contributed by atoms with E-state index < -0.39 is 5.97 Å². The number of esters is 1. The van der Waals surface area contributed by atoms with Crippen LogP contribution in [0.15, 0.2) is 77.3 Å². The molecule has 0 saturated carbocycles. The lowest BCUT2D eigenvalue weighted by molar-refractivity contribution is 0.0735. The fraction of sp³-hybridized carbons (Fsp3) is 0. The second-order valence-electron chi connectivity index (χ2n) is 5.08. The van der Waals surface area contributed by atoms with Crippen LogP contribution in [0.1, 0.15) is 15.9 Å². The summed E-state index contributed by atoms with van der Waals surface area (Å²) in [6.07, 6.45) is 0. The number of hydrogen-bond donors (Lipinski definition) is 0. The summed E-state index contributed by atoms with van der Waals surface area (Å²) in [7, 11) is 0. The zero-order valence-electron chi connectivity index (χ0n) is 12.6. The first-order chi connectivity index (χ1) is 11.7. The number of rotatable bonds is 3. The minimum atomic E-state index is -0.486. The second kappa shape index (κ2) is 7.12. The van der Waals surface area contributed by atoms with Gasteiger partial charge in [0, 0.05) is 4.47 Å². The Hall–Kier alpha value is -2.90. The van der Waals surface area contributed by atoms with Crippen LogP contribution in [-0.2, 0) is 0 Å². The van der Waals surface area contributed by atoms with Crippen LogP contribution in [0.4, 0.5) is 0 Å². The van der Waals surface area contributed by atoms with Crippen molar-refractivity contribution < 1.29 is 9.53 Å². The molecule has 0 radical (unpaired) electrons. The summed E-state index contributed by atoms with van der Waals surface area (Å²) in [6, 6.07) is 23.6. The van der Waals surface area contributed by atoms with Gasteiger partial charge in [0.2, 0.25) is 0 Å². The Bertz CT molecular complexity index is 913. The van der Waals surface area contributed by atoms with E-state index in [0.717, 1.165) is 15.6 Å². The normalized spacial score (nSPS) is 10.0. The van der Waals surface area contributed by atoms with Crippen LogP contribution in [-0.4, -0.2) is 5.97 Å². The molecule has 3 aromatic carbocycles. The first-order valence-corrected chi connectivity index (χ1v) is 8.04. The number of carbonyl (C=O) groups excluding carboxylic acids is 1. The van der Waals surface area contributed by atoms with E-state index in [-0.39, 0.29) is 0 Å². The van der Waals surface area contributed by atoms with Crippen LogP contribution in [0.5, 0.6) is 5.75 Å². The van der Waals surface area contributed by atoms with Gasteiger partial charge in [-0.1, -0.05) is 52.3 Å². The average Bonchev–Trinajstić information content (AvgIpc) is 2.62. The van der Waals surface area contributed by atoms with E-state index in [9.17, 15) is 10.1 Å². The number of para-hydroxylation sites is 1. The number of ether oxygens (including phenoxy) is 1. The zero-order chi connectivity index (χ0) is 16.9. The van der Waals surface area contributed by atoms with Gasteiger partial charge >= 0.3 is 5.97 Å². The Kier molecular flexibility index (Phi) is 4.74. The molecule has 0 aliphatic heterocycles. The van der Waals surface area contributed by atoms with Crippen LogP contribution in [0.3, 0.4) is 0 Å². The van der Waals surface area contributed by atoms with Crippen molar-refractivity contribution in [3.63, 3.8) is 0 Å². The largest absolute Gasteiger partial charge is 0.423 e. The van der Waals surface area contributed by atoms with E-state index in [4.69, 9.17) is 4.74 Å². The Labute approximate surface area is 148 Å². The highest BCUT2D eigenvalue weighted by atomic mass is 79.9. The summed E-state index contributed by atoms with van der Waals surface area (Å²) in [5.41, 5.74) is 2.47. The summed E-state index contributed by atoms with van der Waals surface area (Å²) in [5, 5.41) is 9.42. The Morgan fingerprint density at radius 1 is 0.958 bits per heavy atom. The van der Waals surface area contributed by atoms with Crippen molar-refractivity contribution in [1.29, 1.82) is 5.26 Å². The lowest BCUT2D eigenvalue weighted by Crippen LogP contribution is -2.08. The van der Waals surface area contributed by atoms with Gasteiger partial charge in [-0.05, 0) is 47.5 Å². The predicted molar refractivity (Wildman–Crippen MR) is 95.7 cm³/mol. The molecule has 3 rings (SSSR count). The molecule has 116 valence electrons. The fourth-order valence-electron chi connectivity index (χ4n) is 2.30. The van der Waals surface area contributed by atoms with Crippen LogP contribution < -0.4 is 4.74 Å². The highest BCUT2D eigenvalue weighted by Gasteiger charge is 2.13. The Morgan fingerprint density at radius 2 is 1.67 bits per heavy atom. The molecule has 24 heavy (non-hydrogen) atoms. The number of benzene rings is 3. The monoisotopic (exact) mass is 377 g/mol. The molecule has 0 aromatic heterocycles. The van der Waals surface area contributed by atoms with Crippen molar-refractivity contribution in [1.82, 2.24) is 0 Å². The topological polar surface area (TPSA) is 50.1 Å². The van der Waals surface area contributed by atoms with Crippen molar-refractivity contribution in [2.75, 3.05) is 0 Å². The van der Waals surface area contributed by atoms with Crippen molar-refractivity contribution in [3.8, 4) is 22.9 Å². The first-order valence-electron chi connectivity index (χ1n) is 7.25. The van der Waals surface area contributed by atoms with Crippen LogP contribution in [0.25, 0.3) is 11.1 Å². The van der Waals surface area contributed by atoms with E-state index in [0.29, 0.717) is 16.9 Å². The maximum atomic E-state index is 12.2. The molecular weight excluding hydrogens is 366 g/mol. The molecule has 3 aromatic rings. The Balaban J connectivity index is 1.90. The molecule has 0 N–H and O–H groups in total. The van der Waals surface area contributed by atoms with Crippen LogP contribution in [0.2, 0.25) is 0 Å². The summed E-state index contributed by atoms with van der Waals surface area (Å²) in [4.78, 5) is 12.2. The van der Waals surface area contributed by atoms with Gasteiger partial charge in [-0.2, -0.15) is 5.26 Å². The lowest BCUT2D eigenvalue weighted by atomic mass is 9.98. The van der Waals surface area contributed by atoms with Gasteiger partial charge in [0.15, 0.2) is 0 Å². The summed E-state index contributed by atoms with van der Waals surface area (Å²) in [6.45, 7) is 0. The molecular formula is C20H12BrNO2. The smallest absolute Gasteiger partial charge is 0.343 e. The maximum Gasteiger partial charge on any atom is 0.343 e. The molecule has 0 aliphatic rings. The van der Waals surface area contributed by atoms with Gasteiger partial charge in [-0.3, -0.25) is 0 Å². The quantitative estimate of drug-likeness (QED) is 0.465. The minimum absolute atomic E-state index is 0.344. The Morgan fingerprint density at radius 3 is 2.33 bits per heavy atom. The highest BCUT2D eigenvalue weighted by Crippen LogP contribution is 2.26. The van der Waals surface area contributed by atoms with E-state index in [2.05, 4.69) is 22.0 Å². The molecule has 0 heterocycles. The zero-order valence-corrected chi connectivity index (χ0v) is 14.2. The molecule has 0 unspecified atom stereocenters. The van der Waals surface area contributed by atoms with Gasteiger partial charge in [-0.25, -0.2) is 4.79 Å². The van der Waals surface area contributed by atoms with Gasteiger partial charge in [0.25, 0.3) is 0 Å². The van der Waals surface area contributed by atoms with E-state index in [1.165, 1.54) is 0 Å².